The third-order valence-electron chi connectivity index (χ3n) is 7.36. The van der Waals surface area contributed by atoms with Crippen LogP contribution in [0.15, 0.2) is 61.3 Å². The Labute approximate surface area is 233 Å². The van der Waals surface area contributed by atoms with E-state index < -0.39 is 0 Å². The van der Waals surface area contributed by atoms with E-state index in [1.54, 1.807) is 18.5 Å². The summed E-state index contributed by atoms with van der Waals surface area (Å²) in [5.41, 5.74) is 4.28. The topological polar surface area (TPSA) is 134 Å². The van der Waals surface area contributed by atoms with Crippen molar-refractivity contribution in [2.24, 2.45) is 0 Å². The third-order valence-corrected chi connectivity index (χ3v) is 7.36. The van der Waals surface area contributed by atoms with Gasteiger partial charge < -0.3 is 20.3 Å². The molecule has 0 saturated carbocycles. The second-order valence-electron chi connectivity index (χ2n) is 9.82. The molecule has 4 heterocycles. The van der Waals surface area contributed by atoms with E-state index in [4.69, 9.17) is 0 Å². The number of aliphatic hydroxyl groups is 1. The molecule has 0 spiro atoms. The van der Waals surface area contributed by atoms with Gasteiger partial charge in [0.2, 0.25) is 0 Å². The number of carbonyl (C=O) groups excluding carboxylic acids is 1. The number of anilines is 1. The molecule has 3 aromatic heterocycles. The van der Waals surface area contributed by atoms with E-state index in [9.17, 15) is 9.90 Å². The maximum atomic E-state index is 12.9. The van der Waals surface area contributed by atoms with Gasteiger partial charge in [0, 0.05) is 55.5 Å². The van der Waals surface area contributed by atoms with Crippen molar-refractivity contribution < 1.29 is 9.90 Å². The van der Waals surface area contributed by atoms with Gasteiger partial charge in [-0.1, -0.05) is 13.0 Å². The number of aryl methyl sites for hydroxylation is 1. The number of aromatic nitrogens is 6. The Morgan fingerprint density at radius 2 is 1.98 bits per heavy atom. The summed E-state index contributed by atoms with van der Waals surface area (Å²) in [6.07, 6.45) is 9.75. The summed E-state index contributed by atoms with van der Waals surface area (Å²) < 4.78 is 2.07. The van der Waals surface area contributed by atoms with Crippen LogP contribution in [-0.4, -0.2) is 71.4 Å². The first-order valence-corrected chi connectivity index (χ1v) is 13.7. The maximum absolute atomic E-state index is 12.9. The molecule has 0 radical (unpaired) electrons. The van der Waals surface area contributed by atoms with Crippen LogP contribution in [0.2, 0.25) is 0 Å². The molecule has 0 bridgehead atoms. The number of aliphatic hydroxyl groups excluding tert-OH is 1. The largest absolute Gasteiger partial charge is 0.395 e. The highest BCUT2D eigenvalue weighted by molar-refractivity contribution is 5.95. The average Bonchev–Trinajstić information content (AvgIpc) is 3.64. The maximum Gasteiger partial charge on any atom is 0.251 e. The Bertz CT molecular complexity index is 1410. The van der Waals surface area contributed by atoms with Crippen molar-refractivity contribution in [3.8, 4) is 11.5 Å². The van der Waals surface area contributed by atoms with Gasteiger partial charge in [0.1, 0.15) is 12.0 Å². The molecule has 4 aromatic rings. The molecule has 0 aliphatic carbocycles. The second-order valence-corrected chi connectivity index (χ2v) is 9.82. The van der Waals surface area contributed by atoms with Crippen LogP contribution < -0.4 is 10.6 Å². The SMILES string of the molecule is CCc1cnccc1CNC(=O)c1cccc(NCc2nnc(-c3ccncn3)n2CCN2CCC[C@@H]2CO)c1. The number of benzene rings is 1. The Morgan fingerprint density at radius 1 is 1.07 bits per heavy atom. The molecule has 40 heavy (non-hydrogen) atoms. The monoisotopic (exact) mass is 541 g/mol. The van der Waals surface area contributed by atoms with E-state index in [0.29, 0.717) is 36.7 Å². The van der Waals surface area contributed by atoms with Crippen LogP contribution in [0.3, 0.4) is 0 Å². The average molecular weight is 542 g/mol. The highest BCUT2D eigenvalue weighted by atomic mass is 16.3. The summed E-state index contributed by atoms with van der Waals surface area (Å²) in [4.78, 5) is 27.8. The van der Waals surface area contributed by atoms with Gasteiger partial charge in [-0.05, 0) is 67.3 Å². The Kier molecular flexibility index (Phi) is 9.04. The fourth-order valence-electron chi connectivity index (χ4n) is 5.11. The molecule has 1 aromatic carbocycles. The van der Waals surface area contributed by atoms with Crippen LogP contribution in [-0.2, 0) is 26.1 Å². The molecule has 1 saturated heterocycles. The number of carbonyl (C=O) groups is 1. The smallest absolute Gasteiger partial charge is 0.251 e. The van der Waals surface area contributed by atoms with Gasteiger partial charge >= 0.3 is 0 Å². The quantitative estimate of drug-likeness (QED) is 0.247. The number of nitrogens with one attached hydrogen (secondary N) is 2. The highest BCUT2D eigenvalue weighted by Gasteiger charge is 2.24. The lowest BCUT2D eigenvalue weighted by Gasteiger charge is -2.23. The molecule has 1 aliphatic heterocycles. The highest BCUT2D eigenvalue weighted by Crippen LogP contribution is 2.20. The van der Waals surface area contributed by atoms with Crippen LogP contribution in [0.4, 0.5) is 5.69 Å². The minimum absolute atomic E-state index is 0.138. The van der Waals surface area contributed by atoms with E-state index in [1.165, 1.54) is 6.33 Å². The number of hydrogen-bond acceptors (Lipinski definition) is 9. The lowest BCUT2D eigenvalue weighted by Crippen LogP contribution is -2.35. The molecular weight excluding hydrogens is 506 g/mol. The number of nitrogens with zero attached hydrogens (tertiary/aromatic N) is 7. The molecule has 1 aliphatic rings. The van der Waals surface area contributed by atoms with E-state index in [1.807, 2.05) is 36.5 Å². The molecule has 1 amide bonds. The first-order chi connectivity index (χ1) is 19.7. The fraction of sp³-hybridized carbons (Fsp3) is 0.379. The Morgan fingerprint density at radius 3 is 2.80 bits per heavy atom. The number of likely N-dealkylation sites (tertiary alicyclic amines) is 1. The molecule has 3 N–H and O–H groups in total. The van der Waals surface area contributed by atoms with Gasteiger partial charge in [-0.3, -0.25) is 14.7 Å². The van der Waals surface area contributed by atoms with E-state index in [2.05, 4.69) is 52.2 Å². The Balaban J connectivity index is 1.27. The number of pyridine rings is 1. The molecule has 1 atom stereocenters. The van der Waals surface area contributed by atoms with E-state index in [-0.39, 0.29) is 18.6 Å². The van der Waals surface area contributed by atoms with Crippen molar-refractivity contribution in [1.29, 1.82) is 0 Å². The molecule has 208 valence electrons. The second kappa shape index (κ2) is 13.2. The summed E-state index contributed by atoms with van der Waals surface area (Å²) in [7, 11) is 0. The van der Waals surface area contributed by atoms with Crippen LogP contribution in [0, 0.1) is 0 Å². The van der Waals surface area contributed by atoms with Gasteiger partial charge in [0.15, 0.2) is 11.6 Å². The van der Waals surface area contributed by atoms with Gasteiger partial charge in [-0.25, -0.2) is 9.97 Å². The van der Waals surface area contributed by atoms with Crippen LogP contribution in [0.25, 0.3) is 11.5 Å². The zero-order valence-corrected chi connectivity index (χ0v) is 22.7. The van der Waals surface area contributed by atoms with Gasteiger partial charge in [-0.2, -0.15) is 0 Å². The minimum atomic E-state index is -0.138. The van der Waals surface area contributed by atoms with Crippen molar-refractivity contribution in [3.63, 3.8) is 0 Å². The minimum Gasteiger partial charge on any atom is -0.395 e. The van der Waals surface area contributed by atoms with Gasteiger partial charge in [-0.15, -0.1) is 10.2 Å². The molecule has 11 nitrogen and oxygen atoms in total. The lowest BCUT2D eigenvalue weighted by atomic mass is 10.1. The standard InChI is InChI=1S/C29H35N9O2/c1-2-21-16-30-10-8-23(21)17-33-29(40)22-5-3-6-24(15-22)32-18-27-35-36-28(26-9-11-31-20-34-26)38(27)14-13-37-12-4-7-25(37)19-39/h3,5-6,8-11,15-16,20,25,32,39H,2,4,7,12-14,17-19H2,1H3,(H,33,40)/t25-/m1/s1. The zero-order valence-electron chi connectivity index (χ0n) is 22.7. The van der Waals surface area contributed by atoms with Crippen molar-refractivity contribution >= 4 is 11.6 Å². The van der Waals surface area contributed by atoms with Crippen molar-refractivity contribution in [1.82, 2.24) is 39.9 Å². The predicted molar refractivity (Wildman–Crippen MR) is 151 cm³/mol. The summed E-state index contributed by atoms with van der Waals surface area (Å²) >= 11 is 0. The van der Waals surface area contributed by atoms with Gasteiger partial charge in [0.25, 0.3) is 5.91 Å². The lowest BCUT2D eigenvalue weighted by molar-refractivity contribution is 0.0951. The van der Waals surface area contributed by atoms with Crippen LogP contribution in [0.1, 0.15) is 47.1 Å². The first-order valence-electron chi connectivity index (χ1n) is 13.7. The summed E-state index contributed by atoms with van der Waals surface area (Å²) in [6.45, 7) is 5.53. The van der Waals surface area contributed by atoms with Crippen LogP contribution in [0.5, 0.6) is 0 Å². The van der Waals surface area contributed by atoms with Crippen LogP contribution >= 0.6 is 0 Å². The molecule has 1 fully saturated rings. The normalized spacial score (nSPS) is 15.3. The third kappa shape index (κ3) is 6.49. The zero-order chi connectivity index (χ0) is 27.7. The molecule has 5 rings (SSSR count). The van der Waals surface area contributed by atoms with Gasteiger partial charge in [0.05, 0.1) is 13.2 Å². The van der Waals surface area contributed by atoms with Crippen molar-refractivity contribution in [2.75, 3.05) is 25.0 Å². The Hall–Kier alpha value is -4.22. The van der Waals surface area contributed by atoms with Crippen molar-refractivity contribution in [2.45, 2.75) is 51.9 Å². The number of amides is 1. The predicted octanol–water partition coefficient (Wildman–Crippen LogP) is 2.69. The summed E-state index contributed by atoms with van der Waals surface area (Å²) in [5.74, 6) is 1.29. The first kappa shape index (κ1) is 27.4. The molecule has 0 unspecified atom stereocenters. The number of rotatable bonds is 12. The molecular formula is C29H35N9O2. The number of hydrogen-bond donors (Lipinski definition) is 3. The van der Waals surface area contributed by atoms with E-state index >= 15 is 0 Å². The fourth-order valence-corrected chi connectivity index (χ4v) is 5.11. The molecule has 11 heteroatoms. The summed E-state index contributed by atoms with van der Waals surface area (Å²) in [6, 6.07) is 11.4. The van der Waals surface area contributed by atoms with Crippen molar-refractivity contribution in [3.05, 3.63) is 83.8 Å². The summed E-state index contributed by atoms with van der Waals surface area (Å²) in [5, 5.41) is 25.1. The van der Waals surface area contributed by atoms with E-state index in [0.717, 1.165) is 55.0 Å².